The smallest absolute Gasteiger partial charge is 0.260 e. The van der Waals surface area contributed by atoms with Gasteiger partial charge in [0.15, 0.2) is 6.10 Å². The van der Waals surface area contributed by atoms with E-state index in [2.05, 4.69) is 5.32 Å². The third-order valence-electron chi connectivity index (χ3n) is 3.02. The van der Waals surface area contributed by atoms with Gasteiger partial charge in [-0.2, -0.15) is 0 Å². The third kappa shape index (κ3) is 3.85. The van der Waals surface area contributed by atoms with Crippen molar-refractivity contribution < 1.29 is 14.6 Å². The van der Waals surface area contributed by atoms with Gasteiger partial charge in [-0.05, 0) is 44.9 Å². The largest absolute Gasteiger partial charge is 0.481 e. The van der Waals surface area contributed by atoms with Gasteiger partial charge < -0.3 is 15.2 Å². The van der Waals surface area contributed by atoms with Crippen molar-refractivity contribution in [3.05, 3.63) is 28.8 Å². The molecular formula is C14H18ClNO3. The van der Waals surface area contributed by atoms with Crippen LogP contribution in [0.15, 0.2) is 18.2 Å². The van der Waals surface area contributed by atoms with Crippen LogP contribution in [0.3, 0.4) is 0 Å². The van der Waals surface area contributed by atoms with Gasteiger partial charge in [0.05, 0.1) is 6.10 Å². The number of carbonyl (C=O) groups is 1. The Hall–Kier alpha value is -1.26. The maximum atomic E-state index is 11.8. The molecule has 1 amide bonds. The molecule has 104 valence electrons. The monoisotopic (exact) mass is 283 g/mol. The minimum atomic E-state index is -0.701. The molecule has 1 aliphatic rings. The summed E-state index contributed by atoms with van der Waals surface area (Å²) < 4.78 is 5.62. The molecule has 1 aromatic rings. The van der Waals surface area contributed by atoms with Crippen molar-refractivity contribution in [3.63, 3.8) is 0 Å². The second-order valence-electron chi connectivity index (χ2n) is 4.90. The van der Waals surface area contributed by atoms with Gasteiger partial charge in [-0.15, -0.1) is 0 Å². The molecule has 0 spiro atoms. The summed E-state index contributed by atoms with van der Waals surface area (Å²) in [7, 11) is 0. The topological polar surface area (TPSA) is 58.6 Å². The first-order valence-corrected chi connectivity index (χ1v) is 6.79. The van der Waals surface area contributed by atoms with Gasteiger partial charge in [-0.1, -0.05) is 11.6 Å². The predicted octanol–water partition coefficient (Wildman–Crippen LogP) is 2.44. The molecule has 19 heavy (non-hydrogen) atoms. The summed E-state index contributed by atoms with van der Waals surface area (Å²) in [4.78, 5) is 11.8. The van der Waals surface area contributed by atoms with Crippen LogP contribution in [0.4, 0.5) is 0 Å². The number of nitrogens with one attached hydrogen (secondary N) is 1. The van der Waals surface area contributed by atoms with Crippen LogP contribution < -0.4 is 10.1 Å². The zero-order valence-corrected chi connectivity index (χ0v) is 11.8. The Morgan fingerprint density at radius 2 is 2.16 bits per heavy atom. The second kappa shape index (κ2) is 5.80. The summed E-state index contributed by atoms with van der Waals surface area (Å²) in [6.45, 7) is 3.32. The Bertz CT molecular complexity index is 472. The number of ether oxygens (including phenoxy) is 1. The maximum Gasteiger partial charge on any atom is 0.260 e. The number of amides is 1. The first-order chi connectivity index (χ1) is 8.97. The molecule has 0 bridgehead atoms. The lowest BCUT2D eigenvalue weighted by molar-refractivity contribution is -0.127. The number of halogens is 1. The minimum absolute atomic E-state index is 0.131. The second-order valence-corrected chi connectivity index (χ2v) is 5.34. The average Bonchev–Trinajstić information content (AvgIpc) is 3.14. The molecule has 2 rings (SSSR count). The Balaban J connectivity index is 2.06. The van der Waals surface area contributed by atoms with E-state index in [1.54, 1.807) is 32.0 Å². The van der Waals surface area contributed by atoms with Gasteiger partial charge in [0.2, 0.25) is 0 Å². The van der Waals surface area contributed by atoms with Gasteiger partial charge in [-0.3, -0.25) is 4.79 Å². The molecule has 1 aliphatic carbocycles. The Morgan fingerprint density at radius 1 is 1.47 bits per heavy atom. The number of rotatable bonds is 5. The van der Waals surface area contributed by atoms with Gasteiger partial charge in [-0.25, -0.2) is 0 Å². The maximum absolute atomic E-state index is 11.8. The van der Waals surface area contributed by atoms with Gasteiger partial charge in [0.1, 0.15) is 5.75 Å². The molecule has 5 heteroatoms. The molecule has 1 saturated carbocycles. The van der Waals surface area contributed by atoms with Crippen molar-refractivity contribution in [1.29, 1.82) is 0 Å². The predicted molar refractivity (Wildman–Crippen MR) is 73.3 cm³/mol. The van der Waals surface area contributed by atoms with E-state index >= 15 is 0 Å². The van der Waals surface area contributed by atoms with Crippen molar-refractivity contribution in [2.24, 2.45) is 0 Å². The van der Waals surface area contributed by atoms with E-state index in [1.807, 2.05) is 0 Å². The Morgan fingerprint density at radius 3 is 2.74 bits per heavy atom. The first kappa shape index (κ1) is 14.2. The number of carbonyl (C=O) groups excluding carboxylic acids is 1. The SMILES string of the molecule is CC(Oc1ccc(Cl)cc1[C@H](C)O)C(=O)NC1CC1. The fourth-order valence-electron chi connectivity index (χ4n) is 1.74. The minimum Gasteiger partial charge on any atom is -0.481 e. The van der Waals surface area contributed by atoms with Crippen molar-refractivity contribution in [2.45, 2.75) is 44.9 Å². The highest BCUT2D eigenvalue weighted by Crippen LogP contribution is 2.29. The zero-order valence-electron chi connectivity index (χ0n) is 11.0. The van der Waals surface area contributed by atoms with Crippen molar-refractivity contribution in [3.8, 4) is 5.75 Å². The molecule has 2 atom stereocenters. The summed E-state index contributed by atoms with van der Waals surface area (Å²) >= 11 is 5.89. The van der Waals surface area contributed by atoms with Crippen LogP contribution in [0.1, 0.15) is 38.4 Å². The lowest BCUT2D eigenvalue weighted by atomic mass is 10.1. The van der Waals surface area contributed by atoms with Crippen LogP contribution in [-0.4, -0.2) is 23.2 Å². The van der Waals surface area contributed by atoms with Crippen molar-refractivity contribution >= 4 is 17.5 Å². The highest BCUT2D eigenvalue weighted by Gasteiger charge is 2.26. The van der Waals surface area contributed by atoms with Gasteiger partial charge >= 0.3 is 0 Å². The van der Waals surface area contributed by atoms with Crippen LogP contribution in [0.25, 0.3) is 0 Å². The highest BCUT2D eigenvalue weighted by molar-refractivity contribution is 6.30. The molecule has 2 N–H and O–H groups in total. The molecule has 1 aromatic carbocycles. The zero-order chi connectivity index (χ0) is 14.0. The Labute approximate surface area is 117 Å². The van der Waals surface area contributed by atoms with Gasteiger partial charge in [0.25, 0.3) is 5.91 Å². The van der Waals surface area contributed by atoms with E-state index in [0.29, 0.717) is 22.4 Å². The average molecular weight is 284 g/mol. The van der Waals surface area contributed by atoms with Crippen molar-refractivity contribution in [1.82, 2.24) is 5.32 Å². The van der Waals surface area contributed by atoms with E-state index in [-0.39, 0.29) is 5.91 Å². The molecule has 0 saturated heterocycles. The van der Waals surface area contributed by atoms with Gasteiger partial charge in [0, 0.05) is 16.6 Å². The summed E-state index contributed by atoms with van der Waals surface area (Å²) in [6.07, 6.45) is 0.781. The highest BCUT2D eigenvalue weighted by atomic mass is 35.5. The summed E-state index contributed by atoms with van der Waals surface area (Å²) in [6, 6.07) is 5.30. The normalized spacial score (nSPS) is 17.7. The number of aliphatic hydroxyl groups excluding tert-OH is 1. The third-order valence-corrected chi connectivity index (χ3v) is 3.25. The number of benzene rings is 1. The van der Waals surface area contributed by atoms with E-state index in [9.17, 15) is 9.90 Å². The molecule has 0 heterocycles. The first-order valence-electron chi connectivity index (χ1n) is 6.42. The fourth-order valence-corrected chi connectivity index (χ4v) is 1.92. The lowest BCUT2D eigenvalue weighted by Crippen LogP contribution is -2.37. The van der Waals surface area contributed by atoms with Crippen LogP contribution in [0, 0.1) is 0 Å². The molecule has 0 aliphatic heterocycles. The molecule has 4 nitrogen and oxygen atoms in total. The Kier molecular flexibility index (Phi) is 4.32. The van der Waals surface area contributed by atoms with E-state index in [1.165, 1.54) is 0 Å². The van der Waals surface area contributed by atoms with Crippen LogP contribution in [0.5, 0.6) is 5.75 Å². The van der Waals surface area contributed by atoms with Crippen LogP contribution in [-0.2, 0) is 4.79 Å². The van der Waals surface area contributed by atoms with Crippen molar-refractivity contribution in [2.75, 3.05) is 0 Å². The molecule has 0 radical (unpaired) electrons. The number of hydrogen-bond acceptors (Lipinski definition) is 3. The molecule has 1 unspecified atom stereocenters. The fraction of sp³-hybridized carbons (Fsp3) is 0.500. The summed E-state index contributed by atoms with van der Waals surface area (Å²) in [5.74, 6) is 0.354. The number of hydrogen-bond donors (Lipinski definition) is 2. The molecule has 1 fully saturated rings. The number of aliphatic hydroxyl groups is 1. The van der Waals surface area contributed by atoms with Crippen LogP contribution in [0.2, 0.25) is 5.02 Å². The molecular weight excluding hydrogens is 266 g/mol. The molecule has 0 aromatic heterocycles. The van der Waals surface area contributed by atoms with Crippen LogP contribution >= 0.6 is 11.6 Å². The lowest BCUT2D eigenvalue weighted by Gasteiger charge is -2.18. The van der Waals surface area contributed by atoms with E-state index < -0.39 is 12.2 Å². The summed E-state index contributed by atoms with van der Waals surface area (Å²) in [5, 5.41) is 13.1. The van der Waals surface area contributed by atoms with E-state index in [0.717, 1.165) is 12.8 Å². The standard InChI is InChI=1S/C14H18ClNO3/c1-8(17)12-7-10(15)3-6-13(12)19-9(2)14(18)16-11-4-5-11/h3,6-9,11,17H,4-5H2,1-2H3,(H,16,18)/t8-,9?/m0/s1. The summed E-state index contributed by atoms with van der Waals surface area (Å²) in [5.41, 5.74) is 0.582. The quantitative estimate of drug-likeness (QED) is 0.873. The van der Waals surface area contributed by atoms with E-state index in [4.69, 9.17) is 16.3 Å².